The average Bonchev–Trinajstić information content (AvgIpc) is 3.39. The molecule has 0 saturated carbocycles. The quantitative estimate of drug-likeness (QED) is 0.562. The number of fused-ring (bicyclic) bond motifs is 2. The molecule has 8 heteroatoms. The molecule has 1 N–H and O–H groups in total. The Bertz CT molecular complexity index is 1200. The molecule has 5 rings (SSSR count). The third-order valence-electron chi connectivity index (χ3n) is 4.96. The van der Waals surface area contributed by atoms with E-state index >= 15 is 0 Å². The molecular formula is C20H19N5O2S. The molecule has 4 heterocycles. The van der Waals surface area contributed by atoms with Gasteiger partial charge in [0, 0.05) is 23.8 Å². The van der Waals surface area contributed by atoms with Gasteiger partial charge in [-0.25, -0.2) is 9.97 Å². The van der Waals surface area contributed by atoms with Crippen LogP contribution in [0.3, 0.4) is 0 Å². The van der Waals surface area contributed by atoms with Crippen molar-refractivity contribution in [1.29, 1.82) is 0 Å². The lowest BCUT2D eigenvalue weighted by molar-refractivity contribution is 0.174. The van der Waals surface area contributed by atoms with Gasteiger partial charge in [0.05, 0.1) is 5.39 Å². The average molecular weight is 393 g/mol. The summed E-state index contributed by atoms with van der Waals surface area (Å²) in [5.74, 6) is 3.87. The van der Waals surface area contributed by atoms with Gasteiger partial charge in [0.25, 0.3) is 0 Å². The molecule has 0 saturated heterocycles. The van der Waals surface area contributed by atoms with E-state index in [4.69, 9.17) is 19.4 Å². The molecule has 1 aliphatic rings. The fraction of sp³-hybridized carbons (Fsp3) is 0.250. The first-order chi connectivity index (χ1) is 13.6. The monoisotopic (exact) mass is 393 g/mol. The molecule has 0 aliphatic carbocycles. The Hall–Kier alpha value is -3.13. The van der Waals surface area contributed by atoms with Crippen molar-refractivity contribution in [2.45, 2.75) is 27.3 Å². The maximum atomic E-state index is 5.48. The highest BCUT2D eigenvalue weighted by Crippen LogP contribution is 2.35. The van der Waals surface area contributed by atoms with Crippen LogP contribution in [0.15, 0.2) is 30.6 Å². The van der Waals surface area contributed by atoms with Crippen LogP contribution in [0.1, 0.15) is 21.8 Å². The van der Waals surface area contributed by atoms with E-state index in [9.17, 15) is 0 Å². The van der Waals surface area contributed by atoms with E-state index in [1.165, 1.54) is 10.4 Å². The number of nitrogens with zero attached hydrogens (tertiary/aromatic N) is 4. The summed E-state index contributed by atoms with van der Waals surface area (Å²) in [6, 6.07) is 5.97. The molecule has 4 aromatic rings. The van der Waals surface area contributed by atoms with Crippen molar-refractivity contribution in [3.8, 4) is 17.4 Å². The van der Waals surface area contributed by atoms with Crippen LogP contribution in [0.25, 0.3) is 16.2 Å². The summed E-state index contributed by atoms with van der Waals surface area (Å²) >= 11 is 1.69. The Labute approximate surface area is 166 Å². The van der Waals surface area contributed by atoms with Crippen LogP contribution >= 0.6 is 11.3 Å². The molecule has 0 unspecified atom stereocenters. The predicted octanol–water partition coefficient (Wildman–Crippen LogP) is 4.14. The highest BCUT2D eigenvalue weighted by atomic mass is 32.1. The lowest BCUT2D eigenvalue weighted by Gasteiger charge is -2.11. The molecule has 0 bridgehead atoms. The molecule has 0 fully saturated rings. The molecule has 1 aromatic carbocycles. The minimum atomic E-state index is 0.278. The minimum absolute atomic E-state index is 0.278. The second kappa shape index (κ2) is 6.49. The fourth-order valence-electron chi connectivity index (χ4n) is 3.30. The summed E-state index contributed by atoms with van der Waals surface area (Å²) < 4.78 is 12.8. The summed E-state index contributed by atoms with van der Waals surface area (Å²) in [4.78, 5) is 16.1. The van der Waals surface area contributed by atoms with Crippen LogP contribution < -0.4 is 14.8 Å². The smallest absolute Gasteiger partial charge is 0.238 e. The van der Waals surface area contributed by atoms with Gasteiger partial charge in [-0.3, -0.25) is 4.57 Å². The van der Waals surface area contributed by atoms with Crippen LogP contribution in [-0.2, 0) is 6.54 Å². The number of nitrogens with one attached hydrogen (secondary N) is 1. The topological polar surface area (TPSA) is 74.1 Å². The first-order valence-corrected chi connectivity index (χ1v) is 9.82. The standard InChI is InChI=1S/C20H19N5O2S/c1-11-12(2)28-19-17(11)18(23-20(24-19)25-7-6-21-13(25)3)22-9-14-4-5-15-16(8-14)27-10-26-15/h4-8H,9-10H2,1-3H3,(H,22,23,24). The van der Waals surface area contributed by atoms with E-state index in [2.05, 4.69) is 24.1 Å². The van der Waals surface area contributed by atoms with Crippen molar-refractivity contribution in [2.75, 3.05) is 12.1 Å². The fourth-order valence-corrected chi connectivity index (χ4v) is 4.32. The summed E-state index contributed by atoms with van der Waals surface area (Å²) in [6.07, 6.45) is 3.64. The number of aromatic nitrogens is 4. The van der Waals surface area contributed by atoms with Crippen molar-refractivity contribution < 1.29 is 9.47 Å². The number of benzene rings is 1. The molecule has 0 radical (unpaired) electrons. The highest BCUT2D eigenvalue weighted by molar-refractivity contribution is 7.18. The molecule has 142 valence electrons. The van der Waals surface area contributed by atoms with Gasteiger partial charge in [-0.2, -0.15) is 4.98 Å². The maximum absolute atomic E-state index is 5.48. The van der Waals surface area contributed by atoms with Gasteiger partial charge in [-0.05, 0) is 44.0 Å². The first kappa shape index (κ1) is 17.0. The van der Waals surface area contributed by atoms with Crippen molar-refractivity contribution >= 4 is 27.4 Å². The van der Waals surface area contributed by atoms with Crippen molar-refractivity contribution in [3.05, 3.63) is 52.4 Å². The van der Waals surface area contributed by atoms with Gasteiger partial charge in [0.1, 0.15) is 16.5 Å². The van der Waals surface area contributed by atoms with Crippen LogP contribution in [0, 0.1) is 20.8 Å². The first-order valence-electron chi connectivity index (χ1n) is 9.00. The van der Waals surface area contributed by atoms with E-state index in [-0.39, 0.29) is 6.79 Å². The van der Waals surface area contributed by atoms with E-state index in [1.807, 2.05) is 35.9 Å². The van der Waals surface area contributed by atoms with Crippen molar-refractivity contribution in [2.24, 2.45) is 0 Å². The summed E-state index contributed by atoms with van der Waals surface area (Å²) in [5.41, 5.74) is 2.31. The van der Waals surface area contributed by atoms with Crippen LogP contribution in [0.4, 0.5) is 5.82 Å². The molecule has 28 heavy (non-hydrogen) atoms. The van der Waals surface area contributed by atoms with Crippen molar-refractivity contribution in [3.63, 3.8) is 0 Å². The second-order valence-electron chi connectivity index (χ2n) is 6.72. The van der Waals surface area contributed by atoms with E-state index in [0.29, 0.717) is 12.5 Å². The number of imidazole rings is 1. The third-order valence-corrected chi connectivity index (χ3v) is 6.06. The van der Waals surface area contributed by atoms with Crippen LogP contribution in [0.2, 0.25) is 0 Å². The molecule has 7 nitrogen and oxygen atoms in total. The van der Waals surface area contributed by atoms with Gasteiger partial charge in [0.2, 0.25) is 12.7 Å². The maximum Gasteiger partial charge on any atom is 0.238 e. The lowest BCUT2D eigenvalue weighted by atomic mass is 10.2. The normalized spacial score (nSPS) is 12.7. The van der Waals surface area contributed by atoms with E-state index in [1.54, 1.807) is 17.5 Å². The predicted molar refractivity (Wildman–Crippen MR) is 109 cm³/mol. The summed E-state index contributed by atoms with van der Waals surface area (Å²) in [7, 11) is 0. The highest BCUT2D eigenvalue weighted by Gasteiger charge is 2.17. The zero-order valence-corrected chi connectivity index (χ0v) is 16.6. The Morgan fingerprint density at radius 3 is 2.82 bits per heavy atom. The van der Waals surface area contributed by atoms with Gasteiger partial charge >= 0.3 is 0 Å². The number of aryl methyl sites for hydroxylation is 3. The molecule has 3 aromatic heterocycles. The third kappa shape index (κ3) is 2.77. The second-order valence-corrected chi connectivity index (χ2v) is 7.92. The van der Waals surface area contributed by atoms with Crippen LogP contribution in [-0.4, -0.2) is 26.3 Å². The number of rotatable bonds is 4. The SMILES string of the molecule is Cc1sc2nc(-n3ccnc3C)nc(NCc3ccc4c(c3)OCO4)c2c1C. The zero-order valence-electron chi connectivity index (χ0n) is 15.8. The largest absolute Gasteiger partial charge is 0.454 e. The van der Waals surface area contributed by atoms with E-state index < -0.39 is 0 Å². The molecular weight excluding hydrogens is 374 g/mol. The molecule has 0 spiro atoms. The Balaban J connectivity index is 1.54. The van der Waals surface area contributed by atoms with E-state index in [0.717, 1.165) is 38.9 Å². The Morgan fingerprint density at radius 1 is 1.14 bits per heavy atom. The van der Waals surface area contributed by atoms with Crippen LogP contribution in [0.5, 0.6) is 11.5 Å². The molecule has 0 amide bonds. The Kier molecular flexibility index (Phi) is 3.94. The number of anilines is 1. The number of hydrogen-bond donors (Lipinski definition) is 1. The van der Waals surface area contributed by atoms with Gasteiger partial charge in [-0.15, -0.1) is 11.3 Å². The van der Waals surface area contributed by atoms with Gasteiger partial charge in [-0.1, -0.05) is 6.07 Å². The molecule has 0 atom stereocenters. The summed E-state index contributed by atoms with van der Waals surface area (Å²) in [6.45, 7) is 7.08. The zero-order chi connectivity index (χ0) is 19.3. The van der Waals surface area contributed by atoms with Gasteiger partial charge < -0.3 is 14.8 Å². The van der Waals surface area contributed by atoms with Gasteiger partial charge in [0.15, 0.2) is 11.5 Å². The Morgan fingerprint density at radius 2 is 2.00 bits per heavy atom. The summed E-state index contributed by atoms with van der Waals surface area (Å²) in [5, 5.41) is 4.57. The molecule has 1 aliphatic heterocycles. The lowest BCUT2D eigenvalue weighted by Crippen LogP contribution is -2.07. The van der Waals surface area contributed by atoms with Crippen molar-refractivity contribution in [1.82, 2.24) is 19.5 Å². The number of thiophene rings is 1. The number of ether oxygens (including phenoxy) is 2. The minimum Gasteiger partial charge on any atom is -0.454 e. The number of hydrogen-bond acceptors (Lipinski definition) is 7.